The van der Waals surface area contributed by atoms with Gasteiger partial charge in [-0.3, -0.25) is 0 Å². The monoisotopic (exact) mass is 299 g/mol. The molecule has 0 fully saturated rings. The molecule has 2 aromatic rings. The highest BCUT2D eigenvalue weighted by Gasteiger charge is 2.21. The zero-order chi connectivity index (χ0) is 15.7. The van der Waals surface area contributed by atoms with E-state index in [4.69, 9.17) is 10.7 Å². The topological polar surface area (TPSA) is 68.8 Å². The highest BCUT2D eigenvalue weighted by molar-refractivity contribution is 5.97. The van der Waals surface area contributed by atoms with Crippen LogP contribution in [-0.4, -0.2) is 21.1 Å². The summed E-state index contributed by atoms with van der Waals surface area (Å²) in [7, 11) is 0. The minimum Gasteiger partial charge on any atom is -0.382 e. The van der Waals surface area contributed by atoms with E-state index >= 15 is 0 Å². The maximum Gasteiger partial charge on any atom is 0.154 e. The third-order valence-electron chi connectivity index (χ3n) is 4.01. The lowest BCUT2D eigenvalue weighted by Gasteiger charge is -2.17. The van der Waals surface area contributed by atoms with Crippen LogP contribution in [0.25, 0.3) is 17.1 Å². The molecule has 0 atom stereocenters. The molecule has 0 bridgehead atoms. The van der Waals surface area contributed by atoms with Crippen molar-refractivity contribution >= 4 is 28.7 Å². The lowest BCUT2D eigenvalue weighted by molar-refractivity contribution is 0.513. The number of aromatic nitrogens is 3. The second-order valence-corrected chi connectivity index (χ2v) is 6.38. The first-order valence-corrected chi connectivity index (χ1v) is 8.20. The molecule has 2 aromatic heterocycles. The largest absolute Gasteiger partial charge is 0.382 e. The number of rotatable bonds is 5. The average Bonchev–Trinajstić information content (AvgIpc) is 2.84. The third kappa shape index (κ3) is 2.56. The summed E-state index contributed by atoms with van der Waals surface area (Å²) in [4.78, 5) is 9.32. The molecule has 0 unspecified atom stereocenters. The Kier molecular flexibility index (Phi) is 4.05. The molecule has 0 saturated carbocycles. The van der Waals surface area contributed by atoms with Crippen LogP contribution in [0.2, 0.25) is 0 Å². The van der Waals surface area contributed by atoms with Gasteiger partial charge in [-0.05, 0) is 12.3 Å². The molecular weight excluding hydrogens is 274 g/mol. The zero-order valence-electron chi connectivity index (χ0n) is 13.7. The number of unbranched alkanes of at least 4 members (excludes halogenated alkanes) is 1. The van der Waals surface area contributed by atoms with Crippen LogP contribution in [-0.2, 0) is 13.0 Å². The van der Waals surface area contributed by atoms with Gasteiger partial charge in [-0.1, -0.05) is 39.3 Å². The summed E-state index contributed by atoms with van der Waals surface area (Å²) >= 11 is 0. The fourth-order valence-electron chi connectivity index (χ4n) is 3.01. The lowest BCUT2D eigenvalue weighted by atomic mass is 10.1. The summed E-state index contributed by atoms with van der Waals surface area (Å²) in [5, 5.41) is 3.31. The Bertz CT molecular complexity index is 712. The van der Waals surface area contributed by atoms with Crippen LogP contribution in [0, 0.1) is 5.92 Å². The van der Waals surface area contributed by atoms with E-state index in [9.17, 15) is 0 Å². The molecule has 1 aliphatic rings. The number of aryl methyl sites for hydroxylation is 1. The molecule has 0 radical (unpaired) electrons. The van der Waals surface area contributed by atoms with Crippen molar-refractivity contribution in [3.8, 4) is 0 Å². The van der Waals surface area contributed by atoms with E-state index in [-0.39, 0.29) is 0 Å². The molecule has 118 valence electrons. The van der Waals surface area contributed by atoms with Gasteiger partial charge < -0.3 is 15.6 Å². The van der Waals surface area contributed by atoms with Crippen molar-refractivity contribution in [3.05, 3.63) is 17.5 Å². The number of nitrogens with two attached hydrogens (primary N) is 1. The van der Waals surface area contributed by atoms with E-state index in [1.54, 1.807) is 0 Å². The molecule has 0 aromatic carbocycles. The van der Waals surface area contributed by atoms with Gasteiger partial charge in [0.05, 0.1) is 5.52 Å². The fourth-order valence-corrected chi connectivity index (χ4v) is 3.01. The Hall–Kier alpha value is -2.04. The number of nitrogens with one attached hydrogen (secondary N) is 1. The molecule has 0 spiro atoms. The minimum atomic E-state index is 0.525. The van der Waals surface area contributed by atoms with Crippen molar-refractivity contribution in [1.29, 1.82) is 0 Å². The highest BCUT2D eigenvalue weighted by atomic mass is 15.1. The maximum absolute atomic E-state index is 6.17. The standard InChI is InChI=1S/C17H25N5/c1-4-5-8-13-20-14-15(22(13)10-11(2)3)12-7-6-9-19-17(12)21-16(14)18/h6-7,11H,4-5,8-10H2,1-3H3,(H3,18,19,21). The number of fused-ring (bicyclic) bond motifs is 3. The van der Waals surface area contributed by atoms with Crippen molar-refractivity contribution in [2.24, 2.45) is 5.92 Å². The first-order chi connectivity index (χ1) is 10.6. The van der Waals surface area contributed by atoms with E-state index in [0.29, 0.717) is 11.7 Å². The van der Waals surface area contributed by atoms with Gasteiger partial charge in [0.15, 0.2) is 5.82 Å². The average molecular weight is 299 g/mol. The van der Waals surface area contributed by atoms with Crippen molar-refractivity contribution in [3.63, 3.8) is 0 Å². The minimum absolute atomic E-state index is 0.525. The van der Waals surface area contributed by atoms with Gasteiger partial charge in [0, 0.05) is 25.1 Å². The quantitative estimate of drug-likeness (QED) is 0.887. The predicted molar refractivity (Wildman–Crippen MR) is 92.9 cm³/mol. The van der Waals surface area contributed by atoms with Crippen molar-refractivity contribution in [2.75, 3.05) is 17.6 Å². The summed E-state index contributed by atoms with van der Waals surface area (Å²) in [6.07, 6.45) is 7.56. The first-order valence-electron chi connectivity index (χ1n) is 8.20. The molecule has 1 aliphatic heterocycles. The van der Waals surface area contributed by atoms with E-state index in [1.807, 2.05) is 0 Å². The Morgan fingerprint density at radius 1 is 1.36 bits per heavy atom. The molecular formula is C17H25N5. The molecule has 0 amide bonds. The summed E-state index contributed by atoms with van der Waals surface area (Å²) in [5.74, 6) is 3.09. The third-order valence-corrected chi connectivity index (χ3v) is 4.01. The number of nitrogen functional groups attached to an aromatic ring is 1. The highest BCUT2D eigenvalue weighted by Crippen LogP contribution is 2.32. The van der Waals surface area contributed by atoms with E-state index in [1.165, 1.54) is 0 Å². The Morgan fingerprint density at radius 3 is 2.91 bits per heavy atom. The molecule has 5 nitrogen and oxygen atoms in total. The van der Waals surface area contributed by atoms with Crippen molar-refractivity contribution in [1.82, 2.24) is 14.5 Å². The number of hydrogen-bond acceptors (Lipinski definition) is 4. The van der Waals surface area contributed by atoms with Gasteiger partial charge in [0.2, 0.25) is 0 Å². The molecule has 0 aliphatic carbocycles. The number of anilines is 2. The van der Waals surface area contributed by atoms with Crippen LogP contribution in [0.15, 0.2) is 6.08 Å². The molecule has 3 N–H and O–H groups in total. The van der Waals surface area contributed by atoms with Gasteiger partial charge in [-0.25, -0.2) is 9.97 Å². The van der Waals surface area contributed by atoms with Crippen LogP contribution < -0.4 is 11.1 Å². The number of nitrogens with zero attached hydrogens (tertiary/aromatic N) is 3. The van der Waals surface area contributed by atoms with Crippen LogP contribution >= 0.6 is 0 Å². The van der Waals surface area contributed by atoms with Gasteiger partial charge in [0.25, 0.3) is 0 Å². The Morgan fingerprint density at radius 2 is 2.18 bits per heavy atom. The second kappa shape index (κ2) is 5.99. The summed E-state index contributed by atoms with van der Waals surface area (Å²) < 4.78 is 2.35. The number of pyridine rings is 1. The predicted octanol–water partition coefficient (Wildman–Crippen LogP) is 3.45. The SMILES string of the molecule is CCCCc1nc2c(N)nc3c(c2n1CC(C)C)C=CCN3. The van der Waals surface area contributed by atoms with Crippen molar-refractivity contribution in [2.45, 2.75) is 46.6 Å². The zero-order valence-corrected chi connectivity index (χ0v) is 13.7. The molecule has 22 heavy (non-hydrogen) atoms. The van der Waals surface area contributed by atoms with Gasteiger partial charge in [-0.15, -0.1) is 0 Å². The van der Waals surface area contributed by atoms with Gasteiger partial charge in [-0.2, -0.15) is 0 Å². The van der Waals surface area contributed by atoms with Crippen LogP contribution in [0.3, 0.4) is 0 Å². The van der Waals surface area contributed by atoms with E-state index in [2.05, 4.69) is 47.8 Å². The summed E-state index contributed by atoms with van der Waals surface area (Å²) in [5.41, 5.74) is 9.26. The fraction of sp³-hybridized carbons (Fsp3) is 0.529. The smallest absolute Gasteiger partial charge is 0.154 e. The molecule has 3 heterocycles. The number of hydrogen-bond donors (Lipinski definition) is 2. The summed E-state index contributed by atoms with van der Waals surface area (Å²) in [6, 6.07) is 0. The Balaban J connectivity index is 2.24. The van der Waals surface area contributed by atoms with E-state index < -0.39 is 0 Å². The summed E-state index contributed by atoms with van der Waals surface area (Å²) in [6.45, 7) is 8.44. The molecule has 5 heteroatoms. The second-order valence-electron chi connectivity index (χ2n) is 6.38. The number of imidazole rings is 1. The van der Waals surface area contributed by atoms with Crippen LogP contribution in [0.4, 0.5) is 11.6 Å². The molecule has 3 rings (SSSR count). The lowest BCUT2D eigenvalue weighted by Crippen LogP contribution is -2.12. The van der Waals surface area contributed by atoms with Crippen molar-refractivity contribution < 1.29 is 0 Å². The Labute approximate surface area is 131 Å². The molecule has 0 saturated heterocycles. The van der Waals surface area contributed by atoms with Crippen LogP contribution in [0.1, 0.15) is 45.0 Å². The van der Waals surface area contributed by atoms with Crippen LogP contribution in [0.5, 0.6) is 0 Å². The maximum atomic E-state index is 6.17. The first kappa shape index (κ1) is 14.9. The van der Waals surface area contributed by atoms with Gasteiger partial charge >= 0.3 is 0 Å². The van der Waals surface area contributed by atoms with E-state index in [0.717, 1.165) is 60.6 Å². The van der Waals surface area contributed by atoms with Gasteiger partial charge in [0.1, 0.15) is 17.2 Å². The normalized spacial score (nSPS) is 13.6.